The van der Waals surface area contributed by atoms with Crippen molar-refractivity contribution in [3.05, 3.63) is 35.9 Å². The van der Waals surface area contributed by atoms with Gasteiger partial charge in [0.05, 0.1) is 6.10 Å². The molecule has 19 heavy (non-hydrogen) atoms. The quantitative estimate of drug-likeness (QED) is 0.702. The Morgan fingerprint density at radius 3 is 2.16 bits per heavy atom. The van der Waals surface area contributed by atoms with Crippen molar-refractivity contribution in [2.75, 3.05) is 5.75 Å². The molecule has 3 N–H and O–H groups in total. The maximum Gasteiger partial charge on any atom is 0.0698 e. The van der Waals surface area contributed by atoms with Crippen LogP contribution in [-0.4, -0.2) is 23.0 Å². The van der Waals surface area contributed by atoms with E-state index in [1.807, 2.05) is 6.07 Å². The fraction of sp³-hybridized carbons (Fsp3) is 0.625. The molecule has 0 aliphatic rings. The van der Waals surface area contributed by atoms with Crippen LogP contribution in [0.15, 0.2) is 30.3 Å². The van der Waals surface area contributed by atoms with Gasteiger partial charge in [-0.3, -0.25) is 0 Å². The van der Waals surface area contributed by atoms with Gasteiger partial charge in [-0.2, -0.15) is 12.6 Å². The van der Waals surface area contributed by atoms with E-state index in [0.29, 0.717) is 18.1 Å². The van der Waals surface area contributed by atoms with Crippen LogP contribution >= 0.6 is 12.6 Å². The Balaban J connectivity index is 0.000000356. The molecule has 2 nitrogen and oxygen atoms in total. The van der Waals surface area contributed by atoms with E-state index in [0.717, 1.165) is 12.8 Å². The lowest BCUT2D eigenvalue weighted by Crippen LogP contribution is -2.36. The Bertz CT molecular complexity index is 303. The Morgan fingerprint density at radius 1 is 1.21 bits per heavy atom. The minimum Gasteiger partial charge on any atom is -0.391 e. The highest BCUT2D eigenvalue weighted by Gasteiger charge is 2.14. The fourth-order valence-electron chi connectivity index (χ4n) is 1.76. The first-order valence-corrected chi connectivity index (χ1v) is 7.72. The van der Waals surface area contributed by atoms with E-state index in [9.17, 15) is 5.11 Å². The first-order chi connectivity index (χ1) is 9.01. The predicted octanol–water partition coefficient (Wildman–Crippen LogP) is 3.29. The third-order valence-corrected chi connectivity index (χ3v) is 3.17. The highest BCUT2D eigenvalue weighted by molar-refractivity contribution is 7.80. The molecule has 3 heteroatoms. The number of benzene rings is 1. The van der Waals surface area contributed by atoms with Gasteiger partial charge >= 0.3 is 0 Å². The number of rotatable bonds is 6. The summed E-state index contributed by atoms with van der Waals surface area (Å²) in [4.78, 5) is 0. The van der Waals surface area contributed by atoms with E-state index in [1.165, 1.54) is 5.56 Å². The largest absolute Gasteiger partial charge is 0.391 e. The molecule has 1 rings (SSSR count). The Hall–Kier alpha value is -0.510. The van der Waals surface area contributed by atoms with Crippen molar-refractivity contribution < 1.29 is 5.11 Å². The lowest BCUT2D eigenvalue weighted by molar-refractivity contribution is 0.131. The van der Waals surface area contributed by atoms with Crippen LogP contribution in [0.5, 0.6) is 0 Å². The number of thiol groups is 1. The van der Waals surface area contributed by atoms with Gasteiger partial charge in [0.1, 0.15) is 0 Å². The van der Waals surface area contributed by atoms with E-state index in [4.69, 9.17) is 5.73 Å². The van der Waals surface area contributed by atoms with Crippen molar-refractivity contribution in [3.63, 3.8) is 0 Å². The average molecular weight is 283 g/mol. The summed E-state index contributed by atoms with van der Waals surface area (Å²) in [5.41, 5.74) is 7.13. The van der Waals surface area contributed by atoms with Crippen molar-refractivity contribution in [1.82, 2.24) is 0 Å². The molecule has 0 saturated heterocycles. The maximum absolute atomic E-state index is 9.39. The normalized spacial score (nSPS) is 13.6. The van der Waals surface area contributed by atoms with E-state index < -0.39 is 0 Å². The van der Waals surface area contributed by atoms with Crippen molar-refractivity contribution >= 4 is 12.6 Å². The van der Waals surface area contributed by atoms with Crippen LogP contribution in [0, 0.1) is 5.92 Å². The summed E-state index contributed by atoms with van der Waals surface area (Å²) in [6.45, 7) is 6.37. The topological polar surface area (TPSA) is 46.2 Å². The highest BCUT2D eigenvalue weighted by Crippen LogP contribution is 2.08. The first-order valence-electron chi connectivity index (χ1n) is 7.09. The van der Waals surface area contributed by atoms with E-state index in [2.05, 4.69) is 57.7 Å². The molecule has 0 radical (unpaired) electrons. The molecule has 0 fully saturated rings. The van der Waals surface area contributed by atoms with E-state index in [-0.39, 0.29) is 12.1 Å². The van der Waals surface area contributed by atoms with Gasteiger partial charge in [-0.1, -0.05) is 51.1 Å². The summed E-state index contributed by atoms with van der Waals surface area (Å²) >= 11 is 4.03. The zero-order chi connectivity index (χ0) is 14.7. The number of hydrogen-bond donors (Lipinski definition) is 3. The summed E-state index contributed by atoms with van der Waals surface area (Å²) in [5, 5.41) is 9.39. The van der Waals surface area contributed by atoms with Crippen LogP contribution in [0.1, 0.15) is 39.2 Å². The summed E-state index contributed by atoms with van der Waals surface area (Å²) in [6, 6.07) is 10.4. The summed E-state index contributed by atoms with van der Waals surface area (Å²) < 4.78 is 0. The standard InChI is InChI=1S/C8H19NOS.C8H10/c1-6(2)5-7(9)8(10)3-4-11;1-2-8-6-4-3-5-7-8/h6-8,10-11H,3-5,9H2,1-2H3;3-7H,2H2,1H3/t7-,8-;/m0./s1. The van der Waals surface area contributed by atoms with Crippen LogP contribution < -0.4 is 5.73 Å². The second-order valence-electron chi connectivity index (χ2n) is 5.21. The van der Waals surface area contributed by atoms with Crippen molar-refractivity contribution in [3.8, 4) is 0 Å². The minimum absolute atomic E-state index is 0.0813. The molecule has 2 atom stereocenters. The maximum atomic E-state index is 9.39. The number of aliphatic hydroxyl groups is 1. The van der Waals surface area contributed by atoms with E-state index in [1.54, 1.807) is 0 Å². The van der Waals surface area contributed by atoms with Gasteiger partial charge in [0.25, 0.3) is 0 Å². The zero-order valence-electron chi connectivity index (χ0n) is 12.4. The number of aliphatic hydroxyl groups excluding tert-OH is 1. The molecule has 0 saturated carbocycles. The van der Waals surface area contributed by atoms with Crippen molar-refractivity contribution in [2.24, 2.45) is 11.7 Å². The zero-order valence-corrected chi connectivity index (χ0v) is 13.3. The molecule has 0 spiro atoms. The first kappa shape index (κ1) is 18.5. The molecular weight excluding hydrogens is 254 g/mol. The SMILES string of the molecule is CC(C)C[C@H](N)[C@@H](O)CCS.CCc1ccccc1. The van der Waals surface area contributed by atoms with Crippen LogP contribution in [0.2, 0.25) is 0 Å². The molecular formula is C16H29NOS. The molecule has 0 amide bonds. The smallest absolute Gasteiger partial charge is 0.0698 e. The van der Waals surface area contributed by atoms with Gasteiger partial charge in [0, 0.05) is 6.04 Å². The van der Waals surface area contributed by atoms with E-state index >= 15 is 0 Å². The number of aryl methyl sites for hydroxylation is 1. The highest BCUT2D eigenvalue weighted by atomic mass is 32.1. The Kier molecular flexibility index (Phi) is 11.0. The summed E-state index contributed by atoms with van der Waals surface area (Å²) in [6.07, 6.45) is 2.34. The van der Waals surface area contributed by atoms with Crippen molar-refractivity contribution in [1.29, 1.82) is 0 Å². The van der Waals surface area contributed by atoms with Crippen molar-refractivity contribution in [2.45, 2.75) is 52.2 Å². The molecule has 0 bridgehead atoms. The minimum atomic E-state index is -0.380. The summed E-state index contributed by atoms with van der Waals surface area (Å²) in [5.74, 6) is 1.26. The van der Waals surface area contributed by atoms with Gasteiger partial charge in [-0.15, -0.1) is 0 Å². The molecule has 0 heterocycles. The third-order valence-electron chi connectivity index (χ3n) is 2.91. The number of nitrogens with two attached hydrogens (primary N) is 1. The molecule has 0 unspecified atom stereocenters. The van der Waals surface area contributed by atoms with Gasteiger partial charge in [0.15, 0.2) is 0 Å². The third kappa shape index (κ3) is 10.00. The molecule has 0 aliphatic heterocycles. The second kappa shape index (κ2) is 11.3. The average Bonchev–Trinajstić information content (AvgIpc) is 2.40. The van der Waals surface area contributed by atoms with Gasteiger partial charge in [0.2, 0.25) is 0 Å². The van der Waals surface area contributed by atoms with Crippen LogP contribution in [0.4, 0.5) is 0 Å². The number of hydrogen-bond acceptors (Lipinski definition) is 3. The molecule has 0 aliphatic carbocycles. The summed E-state index contributed by atoms with van der Waals surface area (Å²) in [7, 11) is 0. The van der Waals surface area contributed by atoms with Gasteiger partial charge in [-0.25, -0.2) is 0 Å². The lowest BCUT2D eigenvalue weighted by Gasteiger charge is -2.19. The molecule has 110 valence electrons. The van der Waals surface area contributed by atoms with Crippen LogP contribution in [-0.2, 0) is 6.42 Å². The predicted molar refractivity (Wildman–Crippen MR) is 87.7 cm³/mol. The lowest BCUT2D eigenvalue weighted by atomic mass is 9.99. The molecule has 1 aromatic carbocycles. The van der Waals surface area contributed by atoms with Crippen LogP contribution in [0.3, 0.4) is 0 Å². The second-order valence-corrected chi connectivity index (χ2v) is 5.66. The Morgan fingerprint density at radius 2 is 1.79 bits per heavy atom. The molecule has 0 aromatic heterocycles. The van der Waals surface area contributed by atoms with Gasteiger partial charge in [-0.05, 0) is 36.5 Å². The monoisotopic (exact) mass is 283 g/mol. The van der Waals surface area contributed by atoms with Crippen LogP contribution in [0.25, 0.3) is 0 Å². The Labute approximate surface area is 123 Å². The fourth-order valence-corrected chi connectivity index (χ4v) is 2.03. The molecule has 1 aromatic rings. The van der Waals surface area contributed by atoms with Gasteiger partial charge < -0.3 is 10.8 Å².